The zero-order valence-corrected chi connectivity index (χ0v) is 12.0. The molecule has 21 heavy (non-hydrogen) atoms. The number of anilines is 1. The molecule has 0 saturated carbocycles. The van der Waals surface area contributed by atoms with E-state index in [9.17, 15) is 9.59 Å². The highest BCUT2D eigenvalue weighted by molar-refractivity contribution is 5.92. The third-order valence-electron chi connectivity index (χ3n) is 4.21. The number of piperidine rings is 1. The van der Waals surface area contributed by atoms with Gasteiger partial charge in [0.1, 0.15) is 6.04 Å². The lowest BCUT2D eigenvalue weighted by Gasteiger charge is -2.34. The minimum atomic E-state index is -0.155. The van der Waals surface area contributed by atoms with Crippen molar-refractivity contribution in [1.82, 2.24) is 4.90 Å². The average Bonchev–Trinajstić information content (AvgIpc) is 2.94. The lowest BCUT2D eigenvalue weighted by atomic mass is 9.95. The molecule has 0 aliphatic carbocycles. The van der Waals surface area contributed by atoms with Gasteiger partial charge in [-0.25, -0.2) is 0 Å². The van der Waals surface area contributed by atoms with Gasteiger partial charge in [-0.3, -0.25) is 14.5 Å². The van der Waals surface area contributed by atoms with Crippen LogP contribution in [0.25, 0.3) is 0 Å². The van der Waals surface area contributed by atoms with Crippen molar-refractivity contribution in [3.8, 4) is 0 Å². The third-order valence-corrected chi connectivity index (χ3v) is 4.21. The van der Waals surface area contributed by atoms with Gasteiger partial charge in [-0.1, -0.05) is 18.2 Å². The monoisotopic (exact) mass is 288 g/mol. The first-order valence-corrected chi connectivity index (χ1v) is 7.50. The lowest BCUT2D eigenvalue weighted by molar-refractivity contribution is -0.143. The number of rotatable bonds is 3. The Morgan fingerprint density at radius 1 is 1.24 bits per heavy atom. The second-order valence-corrected chi connectivity index (χ2v) is 5.66. The quantitative estimate of drug-likeness (QED) is 0.859. The highest BCUT2D eigenvalue weighted by atomic mass is 16.5. The predicted octanol–water partition coefficient (Wildman–Crippen LogP) is 1.65. The van der Waals surface area contributed by atoms with Gasteiger partial charge in [0.2, 0.25) is 5.91 Å². The van der Waals surface area contributed by atoms with Crippen LogP contribution in [0.3, 0.4) is 0 Å². The molecule has 0 spiro atoms. The van der Waals surface area contributed by atoms with E-state index in [2.05, 4.69) is 10.2 Å². The minimum absolute atomic E-state index is 0.0391. The first kappa shape index (κ1) is 14.1. The Morgan fingerprint density at radius 2 is 2.05 bits per heavy atom. The summed E-state index contributed by atoms with van der Waals surface area (Å²) in [7, 11) is 0. The summed E-state index contributed by atoms with van der Waals surface area (Å²) in [5, 5.41) is 2.95. The summed E-state index contributed by atoms with van der Waals surface area (Å²) in [5.41, 5.74) is 0.819. The fourth-order valence-electron chi connectivity index (χ4n) is 3.09. The molecule has 5 nitrogen and oxygen atoms in total. The summed E-state index contributed by atoms with van der Waals surface area (Å²) in [6.07, 6.45) is 2.56. The standard InChI is InChI=1S/C16H20N2O3/c19-15(17-13-6-2-1-3-7-13)12-5-4-9-18(11-12)14-8-10-21-16(14)20/h1-3,6-7,12,14H,4-5,8-11H2,(H,17,19)/t12-,14+/m0/s1. The number of esters is 1. The van der Waals surface area contributed by atoms with Crippen molar-refractivity contribution < 1.29 is 14.3 Å². The minimum Gasteiger partial charge on any atom is -0.464 e. The average molecular weight is 288 g/mol. The molecule has 0 unspecified atom stereocenters. The van der Waals surface area contributed by atoms with Crippen LogP contribution in [0.1, 0.15) is 19.3 Å². The van der Waals surface area contributed by atoms with Gasteiger partial charge in [0.05, 0.1) is 12.5 Å². The molecule has 2 atom stereocenters. The molecular formula is C16H20N2O3. The molecule has 1 aromatic rings. The van der Waals surface area contributed by atoms with E-state index in [0.717, 1.165) is 31.5 Å². The summed E-state index contributed by atoms with van der Waals surface area (Å²) >= 11 is 0. The van der Waals surface area contributed by atoms with Crippen LogP contribution in [0.5, 0.6) is 0 Å². The molecule has 0 aromatic heterocycles. The second kappa shape index (κ2) is 6.26. The summed E-state index contributed by atoms with van der Waals surface area (Å²) in [6.45, 7) is 2.01. The number of amides is 1. The van der Waals surface area contributed by atoms with Gasteiger partial charge in [-0.2, -0.15) is 0 Å². The molecule has 2 aliphatic rings. The second-order valence-electron chi connectivity index (χ2n) is 5.66. The Balaban J connectivity index is 1.60. The number of para-hydroxylation sites is 1. The van der Waals surface area contributed by atoms with Crippen LogP contribution in [-0.2, 0) is 14.3 Å². The van der Waals surface area contributed by atoms with Crippen molar-refractivity contribution in [2.45, 2.75) is 25.3 Å². The first-order valence-electron chi connectivity index (χ1n) is 7.50. The summed E-state index contributed by atoms with van der Waals surface area (Å²) in [5.74, 6) is -0.163. The number of ether oxygens (including phenoxy) is 1. The maximum Gasteiger partial charge on any atom is 0.323 e. The van der Waals surface area contributed by atoms with Crippen LogP contribution in [0.4, 0.5) is 5.69 Å². The van der Waals surface area contributed by atoms with E-state index in [-0.39, 0.29) is 23.8 Å². The Hall–Kier alpha value is -1.88. The molecule has 1 N–H and O–H groups in total. The lowest BCUT2D eigenvalue weighted by Crippen LogP contribution is -2.47. The van der Waals surface area contributed by atoms with E-state index in [1.807, 2.05) is 30.3 Å². The molecule has 0 bridgehead atoms. The fourth-order valence-corrected chi connectivity index (χ4v) is 3.09. The molecular weight excluding hydrogens is 268 g/mol. The van der Waals surface area contributed by atoms with E-state index < -0.39 is 0 Å². The first-order chi connectivity index (χ1) is 10.2. The number of nitrogens with zero attached hydrogens (tertiary/aromatic N) is 1. The van der Waals surface area contributed by atoms with Crippen molar-refractivity contribution in [1.29, 1.82) is 0 Å². The molecule has 2 heterocycles. The van der Waals surface area contributed by atoms with E-state index in [4.69, 9.17) is 4.74 Å². The smallest absolute Gasteiger partial charge is 0.323 e. The molecule has 2 aliphatic heterocycles. The largest absolute Gasteiger partial charge is 0.464 e. The molecule has 1 amide bonds. The van der Waals surface area contributed by atoms with E-state index in [1.165, 1.54) is 0 Å². The van der Waals surface area contributed by atoms with Crippen molar-refractivity contribution in [3.63, 3.8) is 0 Å². The highest BCUT2D eigenvalue weighted by Gasteiger charge is 2.36. The van der Waals surface area contributed by atoms with Crippen LogP contribution in [-0.4, -0.2) is 42.5 Å². The summed E-state index contributed by atoms with van der Waals surface area (Å²) in [4.78, 5) is 26.1. The molecule has 2 saturated heterocycles. The highest BCUT2D eigenvalue weighted by Crippen LogP contribution is 2.24. The number of carbonyl (C=O) groups is 2. The molecule has 3 rings (SSSR count). The maximum absolute atomic E-state index is 12.4. The Kier molecular flexibility index (Phi) is 4.20. The zero-order chi connectivity index (χ0) is 14.7. The summed E-state index contributed by atoms with van der Waals surface area (Å²) in [6, 6.07) is 9.33. The molecule has 0 radical (unpaired) electrons. The van der Waals surface area contributed by atoms with Crippen molar-refractivity contribution in [2.75, 3.05) is 25.0 Å². The number of carbonyl (C=O) groups excluding carboxylic acids is 2. The van der Waals surface area contributed by atoms with Gasteiger partial charge >= 0.3 is 5.97 Å². The number of nitrogens with one attached hydrogen (secondary N) is 1. The third kappa shape index (κ3) is 3.24. The van der Waals surface area contributed by atoms with Crippen molar-refractivity contribution in [2.24, 2.45) is 5.92 Å². The van der Waals surface area contributed by atoms with Crippen LogP contribution >= 0.6 is 0 Å². The number of cyclic esters (lactones) is 1. The number of hydrogen-bond donors (Lipinski definition) is 1. The Morgan fingerprint density at radius 3 is 2.76 bits per heavy atom. The van der Waals surface area contributed by atoms with Crippen LogP contribution in [0, 0.1) is 5.92 Å². The van der Waals surface area contributed by atoms with Crippen LogP contribution < -0.4 is 5.32 Å². The topological polar surface area (TPSA) is 58.6 Å². The predicted molar refractivity (Wildman–Crippen MR) is 78.7 cm³/mol. The zero-order valence-electron chi connectivity index (χ0n) is 12.0. The van der Waals surface area contributed by atoms with Crippen LogP contribution in [0.2, 0.25) is 0 Å². The number of benzene rings is 1. The Bertz CT molecular complexity index is 518. The van der Waals surface area contributed by atoms with Gasteiger partial charge in [-0.15, -0.1) is 0 Å². The normalized spacial score (nSPS) is 26.4. The van der Waals surface area contributed by atoms with Gasteiger partial charge in [0, 0.05) is 18.7 Å². The van der Waals surface area contributed by atoms with Gasteiger partial charge in [0.25, 0.3) is 0 Å². The molecule has 2 fully saturated rings. The molecule has 1 aromatic carbocycles. The van der Waals surface area contributed by atoms with Gasteiger partial charge in [-0.05, 0) is 31.5 Å². The van der Waals surface area contributed by atoms with Crippen LogP contribution in [0.15, 0.2) is 30.3 Å². The van der Waals surface area contributed by atoms with Crippen molar-refractivity contribution >= 4 is 17.6 Å². The van der Waals surface area contributed by atoms with Gasteiger partial charge in [0.15, 0.2) is 0 Å². The SMILES string of the molecule is O=C(Nc1ccccc1)[C@H]1CCCN([C@@H]2CCOC2=O)C1. The number of likely N-dealkylation sites (tertiary alicyclic amines) is 1. The molecule has 112 valence electrons. The van der Waals surface area contributed by atoms with E-state index in [0.29, 0.717) is 13.2 Å². The summed E-state index contributed by atoms with van der Waals surface area (Å²) < 4.78 is 5.03. The van der Waals surface area contributed by atoms with E-state index >= 15 is 0 Å². The van der Waals surface area contributed by atoms with Crippen molar-refractivity contribution in [3.05, 3.63) is 30.3 Å². The Labute approximate surface area is 124 Å². The van der Waals surface area contributed by atoms with E-state index in [1.54, 1.807) is 0 Å². The maximum atomic E-state index is 12.4. The van der Waals surface area contributed by atoms with Gasteiger partial charge < -0.3 is 10.1 Å². The number of hydrogen-bond acceptors (Lipinski definition) is 4. The fraction of sp³-hybridized carbons (Fsp3) is 0.500. The molecule has 5 heteroatoms.